The Bertz CT molecular complexity index is 1430. The van der Waals surface area contributed by atoms with Crippen LogP contribution in [-0.4, -0.2) is 31.3 Å². The molecule has 0 bridgehead atoms. The number of carbonyl (C=O) groups excluding carboxylic acids is 2. The van der Waals surface area contributed by atoms with E-state index in [9.17, 15) is 9.59 Å². The number of hydrogen-bond acceptors (Lipinski definition) is 6. The van der Waals surface area contributed by atoms with Gasteiger partial charge in [0.15, 0.2) is 0 Å². The van der Waals surface area contributed by atoms with Crippen LogP contribution in [0.1, 0.15) is 85.1 Å². The molecule has 6 nitrogen and oxygen atoms in total. The molecule has 0 spiro atoms. The summed E-state index contributed by atoms with van der Waals surface area (Å²) in [6, 6.07) is 31.4. The quantitative estimate of drug-likeness (QED) is 0.0637. The lowest BCUT2D eigenvalue weighted by molar-refractivity contribution is -0.00690. The molecule has 0 heterocycles. The average Bonchev–Trinajstić information content (AvgIpc) is 3.08. The minimum Gasteiger partial charge on any atom is -0.494 e. The van der Waals surface area contributed by atoms with E-state index < -0.39 is 11.9 Å². The average molecular weight is 609 g/mol. The van der Waals surface area contributed by atoms with E-state index in [-0.39, 0.29) is 12.7 Å². The van der Waals surface area contributed by atoms with Crippen LogP contribution in [0.15, 0.2) is 103 Å². The van der Waals surface area contributed by atoms with Crippen molar-refractivity contribution < 1.29 is 28.5 Å². The van der Waals surface area contributed by atoms with Crippen LogP contribution < -0.4 is 9.47 Å². The Morgan fingerprint density at radius 1 is 0.622 bits per heavy atom. The number of benzene rings is 4. The molecule has 45 heavy (non-hydrogen) atoms. The fourth-order valence-corrected chi connectivity index (χ4v) is 4.75. The zero-order valence-electron chi connectivity index (χ0n) is 26.4. The monoisotopic (exact) mass is 608 g/mol. The summed E-state index contributed by atoms with van der Waals surface area (Å²) in [7, 11) is 0. The third-order valence-corrected chi connectivity index (χ3v) is 7.45. The van der Waals surface area contributed by atoms with Gasteiger partial charge in [-0.05, 0) is 78.6 Å². The molecule has 0 aliphatic carbocycles. The molecule has 4 aromatic carbocycles. The van der Waals surface area contributed by atoms with Gasteiger partial charge in [-0.2, -0.15) is 0 Å². The molecule has 0 aliphatic heterocycles. The number of hydrogen-bond donors (Lipinski definition) is 0. The topological polar surface area (TPSA) is 71.1 Å². The fraction of sp³-hybridized carbons (Fsp3) is 0.333. The zero-order valence-corrected chi connectivity index (χ0v) is 26.4. The smallest absolute Gasteiger partial charge is 0.343 e. The molecule has 0 unspecified atom stereocenters. The first-order valence-electron chi connectivity index (χ1n) is 16.0. The van der Waals surface area contributed by atoms with E-state index in [1.165, 1.54) is 38.5 Å². The van der Waals surface area contributed by atoms with Gasteiger partial charge in [0.25, 0.3) is 0 Å². The van der Waals surface area contributed by atoms with Crippen LogP contribution in [0.25, 0.3) is 11.1 Å². The van der Waals surface area contributed by atoms with E-state index in [1.807, 2.05) is 73.7 Å². The lowest BCUT2D eigenvalue weighted by atomic mass is 10.0. The van der Waals surface area contributed by atoms with E-state index in [4.69, 9.17) is 18.9 Å². The molecule has 236 valence electrons. The van der Waals surface area contributed by atoms with Crippen LogP contribution in [0.2, 0.25) is 0 Å². The van der Waals surface area contributed by atoms with Gasteiger partial charge in [0.2, 0.25) is 0 Å². The van der Waals surface area contributed by atoms with E-state index in [0.717, 1.165) is 35.5 Å². The van der Waals surface area contributed by atoms with Crippen molar-refractivity contribution in [3.63, 3.8) is 0 Å². The zero-order chi connectivity index (χ0) is 31.7. The van der Waals surface area contributed by atoms with Crippen molar-refractivity contribution in [3.8, 4) is 22.6 Å². The summed E-state index contributed by atoms with van der Waals surface area (Å²) in [5, 5.41) is 0. The molecule has 0 aliphatic rings. The van der Waals surface area contributed by atoms with Crippen molar-refractivity contribution in [2.45, 2.75) is 71.5 Å². The second-order valence-corrected chi connectivity index (χ2v) is 11.2. The third kappa shape index (κ3) is 11.5. The molecule has 0 saturated carbocycles. The standard InChI is InChI=1S/C39H44O6/c1-3-4-5-6-7-8-12-27-42-36-23-19-33(20-24-36)32-15-17-35(18-16-32)39(41)45-37-25-21-34(22-26-37)38(40)44-28-30(2)43-29-31-13-10-9-11-14-31/h9-11,13-26,30H,3-8,12,27-29H2,1-2H3/t30-/m0/s1. The van der Waals surface area contributed by atoms with Gasteiger partial charge in [-0.25, -0.2) is 9.59 Å². The lowest BCUT2D eigenvalue weighted by Gasteiger charge is -2.13. The van der Waals surface area contributed by atoms with Crippen molar-refractivity contribution in [2.24, 2.45) is 0 Å². The van der Waals surface area contributed by atoms with Gasteiger partial charge in [0.05, 0.1) is 30.4 Å². The molecular formula is C39H44O6. The van der Waals surface area contributed by atoms with Crippen LogP contribution in [0, 0.1) is 0 Å². The Labute approximate surface area is 267 Å². The normalized spacial score (nSPS) is 11.5. The van der Waals surface area contributed by atoms with Gasteiger partial charge in [-0.15, -0.1) is 0 Å². The summed E-state index contributed by atoms with van der Waals surface area (Å²) >= 11 is 0. The Morgan fingerprint density at radius 3 is 1.84 bits per heavy atom. The van der Waals surface area contributed by atoms with Gasteiger partial charge < -0.3 is 18.9 Å². The predicted molar refractivity (Wildman–Crippen MR) is 178 cm³/mol. The summed E-state index contributed by atoms with van der Waals surface area (Å²) < 4.78 is 22.6. The molecule has 0 amide bonds. The van der Waals surface area contributed by atoms with E-state index in [2.05, 4.69) is 6.92 Å². The largest absolute Gasteiger partial charge is 0.494 e. The highest BCUT2D eigenvalue weighted by atomic mass is 16.6. The summed E-state index contributed by atoms with van der Waals surface area (Å²) in [6.07, 6.45) is 8.58. The van der Waals surface area contributed by atoms with Crippen LogP contribution >= 0.6 is 0 Å². The Hall–Kier alpha value is -4.42. The number of esters is 2. The molecule has 0 saturated heterocycles. The molecule has 6 heteroatoms. The maximum absolute atomic E-state index is 12.7. The Morgan fingerprint density at radius 2 is 1.18 bits per heavy atom. The van der Waals surface area contributed by atoms with Crippen LogP contribution in [0.3, 0.4) is 0 Å². The van der Waals surface area contributed by atoms with Gasteiger partial charge in [-0.3, -0.25) is 0 Å². The summed E-state index contributed by atoms with van der Waals surface area (Å²) in [6.45, 7) is 5.42. The molecule has 4 rings (SSSR count). The highest BCUT2D eigenvalue weighted by molar-refractivity contribution is 5.92. The first-order chi connectivity index (χ1) is 22.0. The summed E-state index contributed by atoms with van der Waals surface area (Å²) in [5.41, 5.74) is 3.89. The maximum Gasteiger partial charge on any atom is 0.343 e. The van der Waals surface area contributed by atoms with Gasteiger partial charge in [0, 0.05) is 0 Å². The highest BCUT2D eigenvalue weighted by Gasteiger charge is 2.13. The fourth-order valence-electron chi connectivity index (χ4n) is 4.75. The van der Waals surface area contributed by atoms with Crippen LogP contribution in [-0.2, 0) is 16.1 Å². The molecule has 0 N–H and O–H groups in total. The summed E-state index contributed by atoms with van der Waals surface area (Å²) in [5.74, 6) is 0.264. The minimum absolute atomic E-state index is 0.135. The van der Waals surface area contributed by atoms with Gasteiger partial charge in [0.1, 0.15) is 18.1 Å². The molecule has 0 radical (unpaired) electrons. The molecular weight excluding hydrogens is 564 g/mol. The molecule has 1 atom stereocenters. The SMILES string of the molecule is CCCCCCCCCOc1ccc(-c2ccc(C(=O)Oc3ccc(C(=O)OC[C@H](C)OCc4ccccc4)cc3)cc2)cc1. The Kier molecular flexibility index (Phi) is 13.7. The van der Waals surface area contributed by atoms with Crippen LogP contribution in [0.5, 0.6) is 11.5 Å². The third-order valence-electron chi connectivity index (χ3n) is 7.45. The van der Waals surface area contributed by atoms with Crippen molar-refractivity contribution >= 4 is 11.9 Å². The molecule has 0 aromatic heterocycles. The Balaban J connectivity index is 1.18. The van der Waals surface area contributed by atoms with Crippen LogP contribution in [0.4, 0.5) is 0 Å². The number of carbonyl (C=O) groups is 2. The van der Waals surface area contributed by atoms with E-state index in [1.54, 1.807) is 36.4 Å². The summed E-state index contributed by atoms with van der Waals surface area (Å²) in [4.78, 5) is 25.2. The predicted octanol–water partition coefficient (Wildman–Crippen LogP) is 9.46. The van der Waals surface area contributed by atoms with Crippen molar-refractivity contribution in [1.29, 1.82) is 0 Å². The minimum atomic E-state index is -0.477. The molecule has 0 fully saturated rings. The maximum atomic E-state index is 12.7. The van der Waals surface area contributed by atoms with E-state index in [0.29, 0.717) is 23.5 Å². The van der Waals surface area contributed by atoms with E-state index >= 15 is 0 Å². The number of rotatable bonds is 18. The first kappa shape index (κ1) is 33.5. The molecule has 4 aromatic rings. The highest BCUT2D eigenvalue weighted by Crippen LogP contribution is 2.24. The number of unbranched alkanes of at least 4 members (excludes halogenated alkanes) is 6. The van der Waals surface area contributed by atoms with Gasteiger partial charge >= 0.3 is 11.9 Å². The van der Waals surface area contributed by atoms with Gasteiger partial charge in [-0.1, -0.05) is 100 Å². The first-order valence-corrected chi connectivity index (χ1v) is 16.0. The van der Waals surface area contributed by atoms with Crippen molar-refractivity contribution in [3.05, 3.63) is 120 Å². The lowest BCUT2D eigenvalue weighted by Crippen LogP contribution is -2.19. The number of ether oxygens (including phenoxy) is 4. The van der Waals surface area contributed by atoms with Crippen molar-refractivity contribution in [1.82, 2.24) is 0 Å². The second kappa shape index (κ2) is 18.4. The second-order valence-electron chi connectivity index (χ2n) is 11.2. The van der Waals surface area contributed by atoms with Crippen molar-refractivity contribution in [2.75, 3.05) is 13.2 Å².